The summed E-state index contributed by atoms with van der Waals surface area (Å²) in [5.74, 6) is 0.380. The number of carbonyl (C=O) groups is 2. The Bertz CT molecular complexity index is 940. The molecule has 1 saturated heterocycles. The quantitative estimate of drug-likeness (QED) is 0.806. The van der Waals surface area contributed by atoms with Crippen LogP contribution in [0.5, 0.6) is 5.75 Å². The van der Waals surface area contributed by atoms with E-state index in [9.17, 15) is 9.59 Å². The van der Waals surface area contributed by atoms with Crippen LogP contribution in [0.4, 0.5) is 5.69 Å². The second-order valence-electron chi connectivity index (χ2n) is 7.46. The number of nitrogens with one attached hydrogen (secondary N) is 1. The predicted molar refractivity (Wildman–Crippen MR) is 110 cm³/mol. The molecule has 6 nitrogen and oxygen atoms in total. The molecule has 1 N–H and O–H groups in total. The first-order valence-electron chi connectivity index (χ1n) is 9.63. The number of anilines is 1. The molecule has 0 spiro atoms. The summed E-state index contributed by atoms with van der Waals surface area (Å²) in [5.41, 5.74) is 1.76. The molecular formula is C22H23ClN2O4. The molecule has 152 valence electrons. The van der Waals surface area contributed by atoms with Crippen molar-refractivity contribution in [3.8, 4) is 5.75 Å². The summed E-state index contributed by atoms with van der Waals surface area (Å²) in [7, 11) is 1.54. The highest BCUT2D eigenvalue weighted by atomic mass is 35.5. The molecule has 2 aliphatic heterocycles. The lowest BCUT2D eigenvalue weighted by Crippen LogP contribution is -2.54. The second-order valence-corrected chi connectivity index (χ2v) is 7.87. The molecule has 0 aliphatic carbocycles. The van der Waals surface area contributed by atoms with E-state index >= 15 is 0 Å². The molecule has 0 radical (unpaired) electrons. The first kappa shape index (κ1) is 19.7. The number of rotatable bonds is 5. The Morgan fingerprint density at radius 3 is 2.69 bits per heavy atom. The number of amides is 2. The minimum atomic E-state index is -0.561. The topological polar surface area (TPSA) is 67.9 Å². The third-order valence-corrected chi connectivity index (χ3v) is 6.04. The van der Waals surface area contributed by atoms with Crippen LogP contribution in [-0.4, -0.2) is 42.6 Å². The number of fused-ring (bicyclic) bond motifs is 1. The highest BCUT2D eigenvalue weighted by Gasteiger charge is 2.46. The van der Waals surface area contributed by atoms with E-state index in [1.54, 1.807) is 25.3 Å². The van der Waals surface area contributed by atoms with Crippen molar-refractivity contribution in [1.29, 1.82) is 0 Å². The maximum absolute atomic E-state index is 13.1. The first-order valence-corrected chi connectivity index (χ1v) is 10.0. The lowest BCUT2D eigenvalue weighted by molar-refractivity contribution is -0.120. The maximum Gasteiger partial charge on any atom is 0.254 e. The Morgan fingerprint density at radius 1 is 1.24 bits per heavy atom. The molecule has 2 aliphatic rings. The smallest absolute Gasteiger partial charge is 0.254 e. The molecule has 2 heterocycles. The van der Waals surface area contributed by atoms with Gasteiger partial charge in [0.25, 0.3) is 5.91 Å². The highest BCUT2D eigenvalue weighted by molar-refractivity contribution is 6.32. The first-order chi connectivity index (χ1) is 14.0. The van der Waals surface area contributed by atoms with E-state index in [0.717, 1.165) is 11.1 Å². The van der Waals surface area contributed by atoms with E-state index in [-0.39, 0.29) is 18.2 Å². The van der Waals surface area contributed by atoms with Crippen LogP contribution < -0.4 is 10.1 Å². The average Bonchev–Trinajstić information content (AvgIpc) is 3.06. The van der Waals surface area contributed by atoms with E-state index in [1.165, 1.54) is 0 Å². The van der Waals surface area contributed by atoms with Gasteiger partial charge in [-0.05, 0) is 42.7 Å². The van der Waals surface area contributed by atoms with Gasteiger partial charge in [0.15, 0.2) is 0 Å². The number of benzene rings is 2. The van der Waals surface area contributed by atoms with Crippen molar-refractivity contribution in [3.63, 3.8) is 0 Å². The van der Waals surface area contributed by atoms with E-state index in [0.29, 0.717) is 49.1 Å². The zero-order valence-electron chi connectivity index (χ0n) is 16.2. The largest absolute Gasteiger partial charge is 0.495 e. The monoisotopic (exact) mass is 414 g/mol. The fraction of sp³-hybridized carbons (Fsp3) is 0.364. The van der Waals surface area contributed by atoms with Crippen LogP contribution in [0.1, 0.15) is 35.2 Å². The third-order valence-electron chi connectivity index (χ3n) is 5.74. The molecule has 0 atom stereocenters. The molecule has 1 fully saturated rings. The van der Waals surface area contributed by atoms with Gasteiger partial charge in [-0.25, -0.2) is 0 Å². The Morgan fingerprint density at radius 2 is 2.00 bits per heavy atom. The van der Waals surface area contributed by atoms with Gasteiger partial charge in [0.05, 0.1) is 24.1 Å². The lowest BCUT2D eigenvalue weighted by Gasteiger charge is -2.44. The zero-order valence-corrected chi connectivity index (χ0v) is 17.0. The van der Waals surface area contributed by atoms with E-state index in [4.69, 9.17) is 21.1 Å². The summed E-state index contributed by atoms with van der Waals surface area (Å²) < 4.78 is 10.7. The van der Waals surface area contributed by atoms with Crippen LogP contribution in [0.3, 0.4) is 0 Å². The zero-order chi connectivity index (χ0) is 20.4. The Hall–Kier alpha value is -2.57. The molecule has 0 aromatic heterocycles. The number of hydrogen-bond donors (Lipinski definition) is 1. The molecule has 2 aromatic carbocycles. The van der Waals surface area contributed by atoms with Crippen LogP contribution in [0.25, 0.3) is 0 Å². The minimum Gasteiger partial charge on any atom is -0.495 e. The van der Waals surface area contributed by atoms with Crippen molar-refractivity contribution in [2.45, 2.75) is 31.3 Å². The fourth-order valence-corrected chi connectivity index (χ4v) is 4.44. The van der Waals surface area contributed by atoms with Gasteiger partial charge >= 0.3 is 0 Å². The summed E-state index contributed by atoms with van der Waals surface area (Å²) >= 11 is 6.16. The molecule has 0 bridgehead atoms. The van der Waals surface area contributed by atoms with Gasteiger partial charge in [0.1, 0.15) is 5.75 Å². The standard InChI is InChI=1S/C22H23ClN2O4/c1-28-19-7-6-16(12-18(19)23)24-20(26)13-22(8-10-29-11-9-22)25-14-15-4-2-3-5-17(15)21(25)27/h2-7,12H,8-11,13-14H2,1H3,(H,24,26). The number of hydrogen-bond acceptors (Lipinski definition) is 4. The van der Waals surface area contributed by atoms with Crippen molar-refractivity contribution in [2.24, 2.45) is 0 Å². The summed E-state index contributed by atoms with van der Waals surface area (Å²) in [4.78, 5) is 27.9. The van der Waals surface area contributed by atoms with Gasteiger partial charge in [-0.2, -0.15) is 0 Å². The minimum absolute atomic E-state index is 0.0113. The van der Waals surface area contributed by atoms with Gasteiger partial charge in [0.2, 0.25) is 5.91 Å². The van der Waals surface area contributed by atoms with Crippen molar-refractivity contribution < 1.29 is 19.1 Å². The predicted octanol–water partition coefficient (Wildman–Crippen LogP) is 3.88. The summed E-state index contributed by atoms with van der Waals surface area (Å²) in [6.45, 7) is 1.58. The number of halogens is 1. The third kappa shape index (κ3) is 3.82. The van der Waals surface area contributed by atoms with Crippen LogP contribution in [0.2, 0.25) is 5.02 Å². The summed E-state index contributed by atoms with van der Waals surface area (Å²) in [5, 5.41) is 3.33. The Labute approximate surface area is 174 Å². The van der Waals surface area contributed by atoms with Crippen LogP contribution >= 0.6 is 11.6 Å². The van der Waals surface area contributed by atoms with Crippen LogP contribution in [-0.2, 0) is 16.1 Å². The average molecular weight is 415 g/mol. The Balaban J connectivity index is 1.54. The van der Waals surface area contributed by atoms with Crippen molar-refractivity contribution in [2.75, 3.05) is 25.6 Å². The number of ether oxygens (including phenoxy) is 2. The molecule has 2 aromatic rings. The molecule has 29 heavy (non-hydrogen) atoms. The highest BCUT2D eigenvalue weighted by Crippen LogP contribution is 2.38. The van der Waals surface area contributed by atoms with Crippen molar-refractivity contribution in [3.05, 3.63) is 58.6 Å². The van der Waals surface area contributed by atoms with Crippen molar-refractivity contribution >= 4 is 29.1 Å². The van der Waals surface area contributed by atoms with Gasteiger partial charge in [-0.15, -0.1) is 0 Å². The van der Waals surface area contributed by atoms with Gasteiger partial charge < -0.3 is 19.7 Å². The van der Waals surface area contributed by atoms with Gasteiger partial charge in [-0.1, -0.05) is 29.8 Å². The Kier molecular flexibility index (Phi) is 5.48. The summed E-state index contributed by atoms with van der Waals surface area (Å²) in [6.07, 6.45) is 1.47. The number of nitrogens with zero attached hydrogens (tertiary/aromatic N) is 1. The second kappa shape index (κ2) is 8.05. The molecule has 4 rings (SSSR count). The van der Waals surface area contributed by atoms with E-state index in [1.807, 2.05) is 29.2 Å². The number of carbonyl (C=O) groups excluding carboxylic acids is 2. The fourth-order valence-electron chi connectivity index (χ4n) is 4.18. The molecule has 7 heteroatoms. The molecule has 2 amide bonds. The summed E-state index contributed by atoms with van der Waals surface area (Å²) in [6, 6.07) is 12.7. The molecular weight excluding hydrogens is 392 g/mol. The van der Waals surface area contributed by atoms with Crippen molar-refractivity contribution in [1.82, 2.24) is 4.90 Å². The normalized spacial score (nSPS) is 17.7. The molecule has 0 unspecified atom stereocenters. The van der Waals surface area contributed by atoms with E-state index < -0.39 is 5.54 Å². The van der Waals surface area contributed by atoms with Crippen LogP contribution in [0, 0.1) is 0 Å². The SMILES string of the molecule is COc1ccc(NC(=O)CC2(N3Cc4ccccc4C3=O)CCOCC2)cc1Cl. The van der Waals surface area contributed by atoms with Gasteiger partial charge in [-0.3, -0.25) is 9.59 Å². The molecule has 0 saturated carbocycles. The van der Waals surface area contributed by atoms with Gasteiger partial charge in [0, 0.05) is 31.0 Å². The lowest BCUT2D eigenvalue weighted by atomic mass is 9.84. The van der Waals surface area contributed by atoms with Crippen LogP contribution in [0.15, 0.2) is 42.5 Å². The number of methoxy groups -OCH3 is 1. The van der Waals surface area contributed by atoms with E-state index in [2.05, 4.69) is 5.32 Å². The maximum atomic E-state index is 13.1.